The molecule has 7 nitrogen and oxygen atoms in total. The molecule has 7 heteroatoms. The van der Waals surface area contributed by atoms with Crippen LogP contribution in [0.25, 0.3) is 16.8 Å². The zero-order valence-corrected chi connectivity index (χ0v) is 14.8. The fourth-order valence-electron chi connectivity index (χ4n) is 3.19. The molecule has 5 N–H and O–H groups in total. The van der Waals surface area contributed by atoms with Crippen molar-refractivity contribution < 1.29 is 5.11 Å². The number of rotatable bonds is 5. The first-order valence-corrected chi connectivity index (χ1v) is 8.67. The van der Waals surface area contributed by atoms with Crippen molar-refractivity contribution in [1.29, 1.82) is 5.41 Å². The van der Waals surface area contributed by atoms with Gasteiger partial charge >= 0.3 is 0 Å². The molecule has 1 fully saturated rings. The van der Waals surface area contributed by atoms with Crippen LogP contribution in [0.5, 0.6) is 5.75 Å². The number of benzene rings is 1. The molecule has 136 valence electrons. The van der Waals surface area contributed by atoms with Crippen LogP contribution in [0.15, 0.2) is 36.5 Å². The minimum Gasteiger partial charge on any atom is -0.507 e. The van der Waals surface area contributed by atoms with Crippen molar-refractivity contribution in [3.8, 4) is 17.0 Å². The Kier molecular flexibility index (Phi) is 5.48. The number of phenolic OH excluding ortho intramolecular Hbond substituents is 1. The summed E-state index contributed by atoms with van der Waals surface area (Å²) in [5.41, 5.74) is 7.91. The van der Waals surface area contributed by atoms with E-state index < -0.39 is 0 Å². The van der Waals surface area contributed by atoms with E-state index in [9.17, 15) is 5.11 Å². The van der Waals surface area contributed by atoms with Crippen molar-refractivity contribution in [3.63, 3.8) is 0 Å². The van der Waals surface area contributed by atoms with Gasteiger partial charge in [-0.05, 0) is 55.8 Å². The van der Waals surface area contributed by atoms with Crippen LogP contribution in [-0.4, -0.2) is 47.7 Å². The van der Waals surface area contributed by atoms with Gasteiger partial charge in [-0.25, -0.2) is 0 Å². The van der Waals surface area contributed by atoms with E-state index in [1.807, 2.05) is 19.2 Å². The number of nitrogens with two attached hydrogens (primary N) is 1. The Morgan fingerprint density at radius 3 is 2.62 bits per heavy atom. The highest BCUT2D eigenvalue weighted by Gasteiger charge is 2.19. The third kappa shape index (κ3) is 3.67. The van der Waals surface area contributed by atoms with Gasteiger partial charge in [-0.15, -0.1) is 10.2 Å². The van der Waals surface area contributed by atoms with Crippen molar-refractivity contribution in [2.24, 2.45) is 5.73 Å². The number of phenols is 1. The number of nitrogens with one attached hydrogen (secondary N) is 2. The predicted octanol–water partition coefficient (Wildman–Crippen LogP) is 1.99. The molecule has 1 aromatic carbocycles. The lowest BCUT2D eigenvalue weighted by molar-refractivity contribution is 0.441. The van der Waals surface area contributed by atoms with Crippen LogP contribution in [0.4, 0.5) is 5.82 Å². The van der Waals surface area contributed by atoms with Crippen LogP contribution in [0.1, 0.15) is 18.4 Å². The van der Waals surface area contributed by atoms with Crippen molar-refractivity contribution in [1.82, 2.24) is 15.5 Å². The summed E-state index contributed by atoms with van der Waals surface area (Å²) in [5.74, 6) is 0.909. The molecule has 0 saturated carbocycles. The average molecular weight is 352 g/mol. The lowest BCUT2D eigenvalue weighted by Crippen LogP contribution is -2.41. The van der Waals surface area contributed by atoms with E-state index in [1.165, 1.54) is 6.20 Å². The molecule has 0 bridgehead atoms. The van der Waals surface area contributed by atoms with Crippen molar-refractivity contribution >= 4 is 17.6 Å². The molecular weight excluding hydrogens is 328 g/mol. The van der Waals surface area contributed by atoms with E-state index in [-0.39, 0.29) is 5.75 Å². The largest absolute Gasteiger partial charge is 0.507 e. The molecule has 1 aromatic heterocycles. The quantitative estimate of drug-likeness (QED) is 0.613. The zero-order chi connectivity index (χ0) is 18.5. The second-order valence-corrected chi connectivity index (χ2v) is 6.37. The number of aromatic nitrogens is 2. The number of piperidine rings is 1. The van der Waals surface area contributed by atoms with Gasteiger partial charge in [0.05, 0.1) is 5.69 Å². The van der Waals surface area contributed by atoms with E-state index in [4.69, 9.17) is 11.1 Å². The van der Waals surface area contributed by atoms with E-state index in [0.717, 1.165) is 38.0 Å². The molecule has 0 unspecified atom stereocenters. The third-order valence-corrected chi connectivity index (χ3v) is 4.81. The molecule has 0 radical (unpaired) electrons. The monoisotopic (exact) mass is 352 g/mol. The van der Waals surface area contributed by atoms with E-state index in [2.05, 4.69) is 20.4 Å². The van der Waals surface area contributed by atoms with Crippen molar-refractivity contribution in [2.45, 2.75) is 18.9 Å². The Bertz CT molecular complexity index is 796. The summed E-state index contributed by atoms with van der Waals surface area (Å²) in [7, 11) is 2.05. The van der Waals surface area contributed by atoms with E-state index in [0.29, 0.717) is 28.4 Å². The molecule has 0 amide bonds. The van der Waals surface area contributed by atoms with Gasteiger partial charge in [-0.2, -0.15) is 0 Å². The minimum absolute atomic E-state index is 0.0810. The topological polar surface area (TPSA) is 111 Å². The Morgan fingerprint density at radius 1 is 1.27 bits per heavy atom. The lowest BCUT2D eigenvalue weighted by Gasteiger charge is -2.32. The molecule has 3 rings (SSSR count). The first kappa shape index (κ1) is 17.9. The fraction of sp³-hybridized carbons (Fsp3) is 0.316. The Labute approximate surface area is 153 Å². The van der Waals surface area contributed by atoms with Gasteiger partial charge in [-0.1, -0.05) is 6.07 Å². The summed E-state index contributed by atoms with van der Waals surface area (Å²) < 4.78 is 0. The highest BCUT2D eigenvalue weighted by Crippen LogP contribution is 2.30. The van der Waals surface area contributed by atoms with Crippen LogP contribution >= 0.6 is 0 Å². The Hall–Kier alpha value is -2.93. The van der Waals surface area contributed by atoms with Crippen molar-refractivity contribution in [2.75, 3.05) is 25.0 Å². The first-order chi connectivity index (χ1) is 12.6. The summed E-state index contributed by atoms with van der Waals surface area (Å²) in [6.07, 6.45) is 4.67. The summed E-state index contributed by atoms with van der Waals surface area (Å²) in [6, 6.07) is 9.40. The summed E-state index contributed by atoms with van der Waals surface area (Å²) >= 11 is 0. The summed E-state index contributed by atoms with van der Waals surface area (Å²) in [4.78, 5) is 2.17. The Morgan fingerprint density at radius 2 is 2.04 bits per heavy atom. The molecule has 0 spiro atoms. The molecule has 1 aliphatic rings. The Balaban J connectivity index is 1.81. The smallest absolute Gasteiger partial charge is 0.151 e. The molecule has 0 atom stereocenters. The van der Waals surface area contributed by atoms with Crippen LogP contribution in [-0.2, 0) is 0 Å². The molecule has 2 heterocycles. The first-order valence-electron chi connectivity index (χ1n) is 8.67. The number of hydrogen-bond acceptors (Lipinski definition) is 7. The van der Waals surface area contributed by atoms with Gasteiger partial charge in [0.15, 0.2) is 5.82 Å². The number of nitrogens with zero attached hydrogens (tertiary/aromatic N) is 3. The van der Waals surface area contributed by atoms with E-state index >= 15 is 0 Å². The normalized spacial score (nSPS) is 15.7. The number of hydrogen-bond donors (Lipinski definition) is 4. The highest BCUT2D eigenvalue weighted by atomic mass is 16.3. The maximum Gasteiger partial charge on any atom is 0.151 e. The highest BCUT2D eigenvalue weighted by molar-refractivity contribution is 6.08. The molecule has 26 heavy (non-hydrogen) atoms. The van der Waals surface area contributed by atoms with Crippen molar-refractivity contribution in [3.05, 3.63) is 42.1 Å². The molecular formula is C19H24N6O. The van der Waals surface area contributed by atoms with Crippen LogP contribution < -0.4 is 16.0 Å². The summed E-state index contributed by atoms with van der Waals surface area (Å²) in [6.45, 7) is 2.05. The van der Waals surface area contributed by atoms with Crippen LogP contribution in [0.2, 0.25) is 0 Å². The standard InChI is InChI=1S/C19H24N6O/c1-25(15-6-8-22-9-7-15)19-5-4-17(23-24-19)16-3-2-13(10-18(16)26)14(11-20)12-21/h2-5,10-12,15,20,22,26H,6-9,21H2,1H3/b14-12+,20-11?. The zero-order valence-electron chi connectivity index (χ0n) is 14.8. The number of anilines is 1. The second kappa shape index (κ2) is 7.97. The van der Waals surface area contributed by atoms with Gasteiger partial charge < -0.3 is 26.5 Å². The molecule has 2 aromatic rings. The summed E-state index contributed by atoms with van der Waals surface area (Å²) in [5, 5.41) is 29.7. The molecule has 1 aliphatic heterocycles. The SMILES string of the molecule is CN(c1ccc(-c2ccc(/C(C=N)=C/N)cc2O)nn1)C1CCNCC1. The second-order valence-electron chi connectivity index (χ2n) is 6.37. The van der Waals surface area contributed by atoms with Gasteiger partial charge in [-0.3, -0.25) is 0 Å². The predicted molar refractivity (Wildman–Crippen MR) is 104 cm³/mol. The van der Waals surface area contributed by atoms with E-state index in [1.54, 1.807) is 18.2 Å². The lowest BCUT2D eigenvalue weighted by atomic mass is 10.0. The number of aromatic hydroxyl groups is 1. The molecule has 1 saturated heterocycles. The van der Waals surface area contributed by atoms with Gasteiger partial charge in [0.25, 0.3) is 0 Å². The maximum atomic E-state index is 10.3. The third-order valence-electron chi connectivity index (χ3n) is 4.81. The average Bonchev–Trinajstić information content (AvgIpc) is 2.69. The fourth-order valence-corrected chi connectivity index (χ4v) is 3.19. The van der Waals surface area contributed by atoms with Gasteiger partial charge in [0.2, 0.25) is 0 Å². The van der Waals surface area contributed by atoms with Crippen LogP contribution in [0, 0.1) is 5.41 Å². The minimum atomic E-state index is 0.0810. The maximum absolute atomic E-state index is 10.3. The molecule has 0 aliphatic carbocycles. The van der Waals surface area contributed by atoms with Crippen LogP contribution in [0.3, 0.4) is 0 Å². The van der Waals surface area contributed by atoms with Gasteiger partial charge in [0, 0.05) is 36.6 Å². The number of allylic oxidation sites excluding steroid dienone is 1. The van der Waals surface area contributed by atoms with Gasteiger partial charge in [0.1, 0.15) is 5.75 Å².